The Morgan fingerprint density at radius 2 is 2.10 bits per heavy atom. The number of aliphatic hydroxyl groups is 1. The molecule has 0 aromatic heterocycles. The summed E-state index contributed by atoms with van der Waals surface area (Å²) in [6.07, 6.45) is 0.427. The van der Waals surface area contributed by atoms with Crippen LogP contribution in [0.5, 0.6) is 0 Å². The summed E-state index contributed by atoms with van der Waals surface area (Å²) in [7, 11) is 0. The third kappa shape index (κ3) is 4.68. The summed E-state index contributed by atoms with van der Waals surface area (Å²) in [5.41, 5.74) is -0.211. The van der Waals surface area contributed by atoms with Crippen molar-refractivity contribution in [3.8, 4) is 0 Å². The number of benzene rings is 1. The Labute approximate surface area is 128 Å². The van der Waals surface area contributed by atoms with E-state index in [-0.39, 0.29) is 40.2 Å². The van der Waals surface area contributed by atoms with Crippen molar-refractivity contribution in [3.63, 3.8) is 0 Å². The van der Waals surface area contributed by atoms with Gasteiger partial charge in [-0.1, -0.05) is 32.4 Å². The van der Waals surface area contributed by atoms with Gasteiger partial charge in [0.25, 0.3) is 11.6 Å². The van der Waals surface area contributed by atoms with E-state index in [1.807, 2.05) is 20.8 Å². The van der Waals surface area contributed by atoms with Gasteiger partial charge in [-0.05, 0) is 24.0 Å². The number of nitrogens with zero attached hydrogens (tertiary/aromatic N) is 1. The number of aliphatic hydroxyl groups excluding tert-OH is 1. The van der Waals surface area contributed by atoms with Gasteiger partial charge in [-0.3, -0.25) is 14.9 Å². The van der Waals surface area contributed by atoms with Gasteiger partial charge >= 0.3 is 0 Å². The standard InChI is InChI=1S/C14H19ClN2O4/c1-14(2,3)12(6-7-18)16-13(19)9-4-5-11(17(20)21)10(15)8-9/h4-5,8,12,18H,6-7H2,1-3H3,(H,16,19). The molecule has 0 fully saturated rings. The summed E-state index contributed by atoms with van der Waals surface area (Å²) in [6.45, 7) is 5.83. The molecule has 0 aliphatic heterocycles. The predicted octanol–water partition coefficient (Wildman–Crippen LogP) is 2.78. The minimum absolute atomic E-state index is 0.0385. The van der Waals surface area contributed by atoms with Crippen molar-refractivity contribution in [1.82, 2.24) is 5.32 Å². The molecule has 0 saturated heterocycles. The average molecular weight is 315 g/mol. The summed E-state index contributed by atoms with van der Waals surface area (Å²) in [4.78, 5) is 22.3. The molecule has 1 unspecified atom stereocenters. The quantitative estimate of drug-likeness (QED) is 0.645. The zero-order valence-corrected chi connectivity index (χ0v) is 13.0. The molecule has 7 heteroatoms. The number of hydrogen-bond donors (Lipinski definition) is 2. The van der Waals surface area contributed by atoms with E-state index in [0.717, 1.165) is 0 Å². The van der Waals surface area contributed by atoms with Crippen molar-refractivity contribution in [1.29, 1.82) is 0 Å². The fourth-order valence-electron chi connectivity index (χ4n) is 1.89. The Bertz CT molecular complexity index is 540. The number of hydrogen-bond acceptors (Lipinski definition) is 4. The number of nitro groups is 1. The van der Waals surface area contributed by atoms with E-state index in [0.29, 0.717) is 6.42 Å². The lowest BCUT2D eigenvalue weighted by atomic mass is 9.85. The van der Waals surface area contributed by atoms with Gasteiger partial charge in [0.05, 0.1) is 4.92 Å². The zero-order valence-electron chi connectivity index (χ0n) is 12.2. The number of carbonyl (C=O) groups excluding carboxylic acids is 1. The Morgan fingerprint density at radius 1 is 1.48 bits per heavy atom. The molecule has 0 saturated carbocycles. The maximum atomic E-state index is 12.2. The predicted molar refractivity (Wildman–Crippen MR) is 80.5 cm³/mol. The lowest BCUT2D eigenvalue weighted by molar-refractivity contribution is -0.384. The molecule has 2 N–H and O–H groups in total. The number of nitro benzene ring substituents is 1. The van der Waals surface area contributed by atoms with Crippen molar-refractivity contribution in [2.45, 2.75) is 33.2 Å². The second-order valence-electron chi connectivity index (χ2n) is 5.83. The molecule has 6 nitrogen and oxygen atoms in total. The van der Waals surface area contributed by atoms with Crippen LogP contribution in [0, 0.1) is 15.5 Å². The Kier molecular flexibility index (Phi) is 5.69. The van der Waals surface area contributed by atoms with Crippen molar-refractivity contribution in [2.24, 2.45) is 5.41 Å². The topological polar surface area (TPSA) is 92.5 Å². The highest BCUT2D eigenvalue weighted by molar-refractivity contribution is 6.33. The van der Waals surface area contributed by atoms with Gasteiger partial charge in [-0.25, -0.2) is 0 Å². The molecule has 0 radical (unpaired) electrons. The van der Waals surface area contributed by atoms with Crippen LogP contribution in [0.2, 0.25) is 5.02 Å². The maximum Gasteiger partial charge on any atom is 0.287 e. The third-order valence-electron chi connectivity index (χ3n) is 3.18. The Balaban J connectivity index is 2.93. The molecule has 1 atom stereocenters. The van der Waals surface area contributed by atoms with E-state index in [1.54, 1.807) is 0 Å². The molecule has 0 spiro atoms. The molecule has 0 aliphatic carbocycles. The average Bonchev–Trinajstić information content (AvgIpc) is 2.36. The molecule has 1 amide bonds. The van der Waals surface area contributed by atoms with Crippen LogP contribution in [0.25, 0.3) is 0 Å². The number of halogens is 1. The van der Waals surface area contributed by atoms with Gasteiger partial charge < -0.3 is 10.4 Å². The van der Waals surface area contributed by atoms with Gasteiger partial charge in [-0.15, -0.1) is 0 Å². The van der Waals surface area contributed by atoms with Crippen LogP contribution in [0.15, 0.2) is 18.2 Å². The van der Waals surface area contributed by atoms with E-state index in [2.05, 4.69) is 5.32 Å². The molecule has 116 valence electrons. The first kappa shape index (κ1) is 17.4. The van der Waals surface area contributed by atoms with Crippen LogP contribution >= 0.6 is 11.6 Å². The van der Waals surface area contributed by atoms with Crippen LogP contribution in [0.1, 0.15) is 37.6 Å². The first-order valence-corrected chi connectivity index (χ1v) is 6.90. The maximum absolute atomic E-state index is 12.2. The molecular weight excluding hydrogens is 296 g/mol. The van der Waals surface area contributed by atoms with Crippen LogP contribution in [-0.2, 0) is 0 Å². The van der Waals surface area contributed by atoms with Crippen molar-refractivity contribution in [2.75, 3.05) is 6.61 Å². The lowest BCUT2D eigenvalue weighted by Crippen LogP contribution is -2.44. The Hall–Kier alpha value is -1.66. The molecule has 21 heavy (non-hydrogen) atoms. The molecule has 1 aromatic rings. The lowest BCUT2D eigenvalue weighted by Gasteiger charge is -2.31. The second-order valence-corrected chi connectivity index (χ2v) is 6.23. The molecule has 1 aromatic carbocycles. The van der Waals surface area contributed by atoms with Crippen molar-refractivity contribution >= 4 is 23.2 Å². The van der Waals surface area contributed by atoms with Crippen LogP contribution in [0.3, 0.4) is 0 Å². The van der Waals surface area contributed by atoms with Gasteiger partial charge in [0.1, 0.15) is 5.02 Å². The zero-order chi connectivity index (χ0) is 16.2. The highest BCUT2D eigenvalue weighted by Crippen LogP contribution is 2.26. The van der Waals surface area contributed by atoms with Crippen LogP contribution < -0.4 is 5.32 Å². The first-order chi connectivity index (χ1) is 9.66. The summed E-state index contributed by atoms with van der Waals surface area (Å²) in [5.74, 6) is -0.375. The highest BCUT2D eigenvalue weighted by atomic mass is 35.5. The van der Waals surface area contributed by atoms with Gasteiger partial charge in [0, 0.05) is 24.3 Å². The summed E-state index contributed by atoms with van der Waals surface area (Å²) in [6, 6.07) is 3.62. The number of carbonyl (C=O) groups is 1. The third-order valence-corrected chi connectivity index (χ3v) is 3.48. The molecular formula is C14H19ClN2O4. The van der Waals surface area contributed by atoms with E-state index in [9.17, 15) is 14.9 Å². The number of rotatable bonds is 5. The normalized spacial score (nSPS) is 12.8. The molecule has 0 aliphatic rings. The monoisotopic (exact) mass is 314 g/mol. The van der Waals surface area contributed by atoms with Crippen molar-refractivity contribution in [3.05, 3.63) is 38.9 Å². The number of amides is 1. The molecule has 0 bridgehead atoms. The van der Waals surface area contributed by atoms with Gasteiger partial charge in [0.15, 0.2) is 0 Å². The number of nitrogens with one attached hydrogen (secondary N) is 1. The summed E-state index contributed by atoms with van der Waals surface area (Å²) >= 11 is 5.79. The van der Waals surface area contributed by atoms with Crippen LogP contribution in [0.4, 0.5) is 5.69 Å². The van der Waals surface area contributed by atoms with E-state index in [4.69, 9.17) is 16.7 Å². The van der Waals surface area contributed by atoms with Crippen LogP contribution in [-0.4, -0.2) is 28.6 Å². The highest BCUT2D eigenvalue weighted by Gasteiger charge is 2.26. The fourth-order valence-corrected chi connectivity index (χ4v) is 2.14. The van der Waals surface area contributed by atoms with E-state index in [1.165, 1.54) is 18.2 Å². The minimum atomic E-state index is -0.603. The van der Waals surface area contributed by atoms with E-state index < -0.39 is 4.92 Å². The minimum Gasteiger partial charge on any atom is -0.396 e. The fraction of sp³-hybridized carbons (Fsp3) is 0.500. The van der Waals surface area contributed by atoms with Gasteiger partial charge in [-0.2, -0.15) is 0 Å². The second kappa shape index (κ2) is 6.87. The summed E-state index contributed by atoms with van der Waals surface area (Å²) in [5, 5.41) is 22.5. The first-order valence-electron chi connectivity index (χ1n) is 6.52. The van der Waals surface area contributed by atoms with Crippen molar-refractivity contribution < 1.29 is 14.8 Å². The smallest absolute Gasteiger partial charge is 0.287 e. The Morgan fingerprint density at radius 3 is 2.52 bits per heavy atom. The van der Waals surface area contributed by atoms with E-state index >= 15 is 0 Å². The molecule has 0 heterocycles. The molecule has 1 rings (SSSR count). The summed E-state index contributed by atoms with van der Waals surface area (Å²) < 4.78 is 0. The SMILES string of the molecule is CC(C)(C)C(CCO)NC(=O)c1ccc([N+](=O)[O-])c(Cl)c1. The largest absolute Gasteiger partial charge is 0.396 e. The van der Waals surface area contributed by atoms with Gasteiger partial charge in [0.2, 0.25) is 0 Å².